The Balaban J connectivity index is 2.22. The lowest BCUT2D eigenvalue weighted by atomic mass is 10.0. The Bertz CT molecular complexity index is 660. The Morgan fingerprint density at radius 1 is 0.880 bits per heavy atom. The van der Waals surface area contributed by atoms with Crippen LogP contribution >= 0.6 is 0 Å². The smallest absolute Gasteiger partial charge is 0.229 e. The molecule has 0 saturated heterocycles. The summed E-state index contributed by atoms with van der Waals surface area (Å²) in [5, 5.41) is 0. The predicted octanol–water partition coefficient (Wildman–Crippen LogP) is 4.48. The average molecular weight is 344 g/mol. The number of hydrogen-bond acceptors (Lipinski definition) is 4. The molecule has 0 spiro atoms. The van der Waals surface area contributed by atoms with Gasteiger partial charge in [-0.05, 0) is 31.0 Å². The predicted molar refractivity (Wildman–Crippen MR) is 99.4 cm³/mol. The molecule has 25 heavy (non-hydrogen) atoms. The van der Waals surface area contributed by atoms with Crippen LogP contribution in [0.25, 0.3) is 0 Å². The van der Waals surface area contributed by atoms with E-state index in [1.165, 1.54) is 11.1 Å². The molecule has 0 amide bonds. The van der Waals surface area contributed by atoms with E-state index in [9.17, 15) is 0 Å². The van der Waals surface area contributed by atoms with E-state index in [-0.39, 0.29) is 6.61 Å². The maximum absolute atomic E-state index is 6.02. The van der Waals surface area contributed by atoms with Gasteiger partial charge in [-0.2, -0.15) is 0 Å². The molecule has 4 nitrogen and oxygen atoms in total. The Labute approximate surface area is 150 Å². The second-order valence-corrected chi connectivity index (χ2v) is 6.05. The SMILES string of the molecule is CCCc1ccc(OCC(OC)(OC)c2ccc(C)cc2)c(OC)c1. The lowest BCUT2D eigenvalue weighted by molar-refractivity contribution is -0.231. The van der Waals surface area contributed by atoms with Crippen molar-refractivity contribution >= 4 is 0 Å². The molecule has 0 unspecified atom stereocenters. The van der Waals surface area contributed by atoms with Gasteiger partial charge >= 0.3 is 0 Å². The zero-order chi connectivity index (χ0) is 18.3. The van der Waals surface area contributed by atoms with Crippen LogP contribution in [0.1, 0.15) is 30.0 Å². The highest BCUT2D eigenvalue weighted by Gasteiger charge is 2.33. The molecule has 2 aromatic rings. The van der Waals surface area contributed by atoms with Crippen molar-refractivity contribution in [3.63, 3.8) is 0 Å². The molecule has 0 aliphatic carbocycles. The summed E-state index contributed by atoms with van der Waals surface area (Å²) in [4.78, 5) is 0. The number of rotatable bonds is 9. The minimum Gasteiger partial charge on any atom is -0.493 e. The van der Waals surface area contributed by atoms with E-state index in [4.69, 9.17) is 18.9 Å². The number of aryl methyl sites for hydroxylation is 2. The Morgan fingerprint density at radius 3 is 2.12 bits per heavy atom. The van der Waals surface area contributed by atoms with Crippen LogP contribution in [-0.4, -0.2) is 27.9 Å². The Kier molecular flexibility index (Phi) is 6.85. The molecule has 2 rings (SSSR count). The average Bonchev–Trinajstić information content (AvgIpc) is 2.65. The summed E-state index contributed by atoms with van der Waals surface area (Å²) < 4.78 is 22.9. The fourth-order valence-corrected chi connectivity index (χ4v) is 2.78. The normalized spacial score (nSPS) is 11.4. The standard InChI is InChI=1S/C21H28O4/c1-6-7-17-10-13-19(20(14-17)22-3)25-15-21(23-4,24-5)18-11-8-16(2)9-12-18/h8-14H,6-7,15H2,1-5H3. The molecule has 4 heteroatoms. The zero-order valence-corrected chi connectivity index (χ0v) is 15.8. The van der Waals surface area contributed by atoms with Gasteiger partial charge in [0.2, 0.25) is 5.79 Å². The molecule has 0 atom stereocenters. The van der Waals surface area contributed by atoms with Gasteiger partial charge in [0.1, 0.15) is 6.61 Å². The van der Waals surface area contributed by atoms with Crippen LogP contribution in [0.4, 0.5) is 0 Å². The first-order valence-corrected chi connectivity index (χ1v) is 8.55. The topological polar surface area (TPSA) is 36.9 Å². The van der Waals surface area contributed by atoms with E-state index in [0.29, 0.717) is 5.75 Å². The summed E-state index contributed by atoms with van der Waals surface area (Å²) >= 11 is 0. The summed E-state index contributed by atoms with van der Waals surface area (Å²) in [6.45, 7) is 4.42. The fourth-order valence-electron chi connectivity index (χ4n) is 2.78. The minimum atomic E-state index is -0.971. The molecule has 0 aliphatic rings. The highest BCUT2D eigenvalue weighted by molar-refractivity contribution is 5.43. The van der Waals surface area contributed by atoms with E-state index >= 15 is 0 Å². The monoisotopic (exact) mass is 344 g/mol. The first-order chi connectivity index (χ1) is 12.1. The van der Waals surface area contributed by atoms with E-state index in [1.807, 2.05) is 43.3 Å². The molecule has 0 radical (unpaired) electrons. The van der Waals surface area contributed by atoms with Crippen LogP contribution in [0, 0.1) is 6.92 Å². The van der Waals surface area contributed by atoms with Crippen molar-refractivity contribution < 1.29 is 18.9 Å². The molecule has 0 aromatic heterocycles. The summed E-state index contributed by atoms with van der Waals surface area (Å²) in [6.07, 6.45) is 2.10. The summed E-state index contributed by atoms with van der Waals surface area (Å²) in [6, 6.07) is 14.1. The third kappa shape index (κ3) is 4.53. The van der Waals surface area contributed by atoms with E-state index in [1.54, 1.807) is 21.3 Å². The third-order valence-electron chi connectivity index (χ3n) is 4.34. The molecule has 0 saturated carbocycles. The van der Waals surface area contributed by atoms with Gasteiger partial charge in [0, 0.05) is 19.8 Å². The number of benzene rings is 2. The molecule has 0 aliphatic heterocycles. The molecule has 0 fully saturated rings. The lowest BCUT2D eigenvalue weighted by Crippen LogP contribution is -2.37. The van der Waals surface area contributed by atoms with Crippen LogP contribution < -0.4 is 9.47 Å². The van der Waals surface area contributed by atoms with Crippen LogP contribution in [-0.2, 0) is 21.7 Å². The second-order valence-electron chi connectivity index (χ2n) is 6.05. The first kappa shape index (κ1) is 19.3. The molecule has 0 bridgehead atoms. The van der Waals surface area contributed by atoms with Gasteiger partial charge in [0.15, 0.2) is 11.5 Å². The minimum absolute atomic E-state index is 0.215. The molecular formula is C21H28O4. The van der Waals surface area contributed by atoms with Crippen LogP contribution in [0.3, 0.4) is 0 Å². The van der Waals surface area contributed by atoms with Crippen molar-refractivity contribution in [1.82, 2.24) is 0 Å². The molecule has 2 aromatic carbocycles. The summed E-state index contributed by atoms with van der Waals surface area (Å²) in [5.41, 5.74) is 3.32. The van der Waals surface area contributed by atoms with Crippen LogP contribution in [0.2, 0.25) is 0 Å². The maximum atomic E-state index is 6.02. The molecule has 0 heterocycles. The van der Waals surface area contributed by atoms with Gasteiger partial charge in [-0.25, -0.2) is 0 Å². The fraction of sp³-hybridized carbons (Fsp3) is 0.429. The van der Waals surface area contributed by atoms with Crippen molar-refractivity contribution in [2.75, 3.05) is 27.9 Å². The third-order valence-corrected chi connectivity index (χ3v) is 4.34. The van der Waals surface area contributed by atoms with Crippen molar-refractivity contribution in [1.29, 1.82) is 0 Å². The molecule has 136 valence electrons. The highest BCUT2D eigenvalue weighted by atomic mass is 16.7. The Hall–Kier alpha value is -2.04. The first-order valence-electron chi connectivity index (χ1n) is 8.55. The maximum Gasteiger partial charge on any atom is 0.229 e. The number of hydrogen-bond donors (Lipinski definition) is 0. The van der Waals surface area contributed by atoms with Crippen LogP contribution in [0.15, 0.2) is 42.5 Å². The van der Waals surface area contributed by atoms with Crippen molar-refractivity contribution in [2.24, 2.45) is 0 Å². The van der Waals surface area contributed by atoms with Gasteiger partial charge in [-0.1, -0.05) is 49.2 Å². The van der Waals surface area contributed by atoms with Crippen LogP contribution in [0.5, 0.6) is 11.5 Å². The number of methoxy groups -OCH3 is 3. The van der Waals surface area contributed by atoms with Gasteiger partial charge < -0.3 is 18.9 Å². The van der Waals surface area contributed by atoms with E-state index < -0.39 is 5.79 Å². The zero-order valence-electron chi connectivity index (χ0n) is 15.8. The van der Waals surface area contributed by atoms with E-state index in [2.05, 4.69) is 13.0 Å². The van der Waals surface area contributed by atoms with Crippen molar-refractivity contribution in [3.05, 3.63) is 59.2 Å². The summed E-state index contributed by atoms with van der Waals surface area (Å²) in [7, 11) is 4.89. The van der Waals surface area contributed by atoms with Gasteiger partial charge in [0.25, 0.3) is 0 Å². The van der Waals surface area contributed by atoms with Gasteiger partial charge in [-0.3, -0.25) is 0 Å². The summed E-state index contributed by atoms with van der Waals surface area (Å²) in [5.74, 6) is 0.421. The van der Waals surface area contributed by atoms with Gasteiger partial charge in [0.05, 0.1) is 7.11 Å². The van der Waals surface area contributed by atoms with Crippen molar-refractivity contribution in [2.45, 2.75) is 32.5 Å². The van der Waals surface area contributed by atoms with E-state index in [0.717, 1.165) is 24.2 Å². The quantitative estimate of drug-likeness (QED) is 0.629. The lowest BCUT2D eigenvalue weighted by Gasteiger charge is -2.31. The number of ether oxygens (including phenoxy) is 4. The Morgan fingerprint density at radius 2 is 1.56 bits per heavy atom. The molecular weight excluding hydrogens is 316 g/mol. The highest BCUT2D eigenvalue weighted by Crippen LogP contribution is 2.32. The van der Waals surface area contributed by atoms with Gasteiger partial charge in [-0.15, -0.1) is 0 Å². The largest absolute Gasteiger partial charge is 0.493 e. The molecule has 0 N–H and O–H groups in total. The second kappa shape index (κ2) is 8.88. The van der Waals surface area contributed by atoms with Crippen molar-refractivity contribution in [3.8, 4) is 11.5 Å².